The third-order valence-corrected chi connectivity index (χ3v) is 3.88. The molecule has 0 radical (unpaired) electrons. The summed E-state index contributed by atoms with van der Waals surface area (Å²) >= 11 is 5.91. The minimum absolute atomic E-state index is 0. The number of likely N-dealkylation sites (tertiary alicyclic amines) is 1. The molecule has 1 fully saturated rings. The summed E-state index contributed by atoms with van der Waals surface area (Å²) in [6, 6.07) is 7.34. The number of hydrogen-bond acceptors (Lipinski definition) is 2. The van der Waals surface area contributed by atoms with E-state index in [0.717, 1.165) is 25.9 Å². The summed E-state index contributed by atoms with van der Waals surface area (Å²) in [6.45, 7) is 3.62. The molecule has 106 valence electrons. The number of halogens is 2. The maximum absolute atomic E-state index is 12.3. The number of rotatable bonds is 2. The van der Waals surface area contributed by atoms with Gasteiger partial charge in [-0.25, -0.2) is 0 Å². The summed E-state index contributed by atoms with van der Waals surface area (Å²) in [5, 5.41) is 0.603. The van der Waals surface area contributed by atoms with Gasteiger partial charge in [-0.2, -0.15) is 0 Å². The second kappa shape index (κ2) is 7.13. The van der Waals surface area contributed by atoms with E-state index in [1.54, 1.807) is 12.1 Å². The van der Waals surface area contributed by atoms with Crippen molar-refractivity contribution >= 4 is 29.9 Å². The van der Waals surface area contributed by atoms with E-state index in [9.17, 15) is 4.79 Å². The molecule has 1 saturated heterocycles. The van der Waals surface area contributed by atoms with E-state index in [0.29, 0.717) is 16.5 Å². The fraction of sp³-hybridized carbons (Fsp3) is 0.500. The van der Waals surface area contributed by atoms with Crippen molar-refractivity contribution in [3.8, 4) is 0 Å². The Hall–Kier alpha value is -0.770. The summed E-state index contributed by atoms with van der Waals surface area (Å²) in [5.41, 5.74) is 6.57. The Balaban J connectivity index is 0.00000180. The molecule has 0 spiro atoms. The van der Waals surface area contributed by atoms with Crippen molar-refractivity contribution in [2.75, 3.05) is 13.1 Å². The molecule has 1 aromatic rings. The van der Waals surface area contributed by atoms with Crippen LogP contribution in [0.4, 0.5) is 0 Å². The number of amides is 1. The third kappa shape index (κ3) is 4.10. The number of piperidine rings is 1. The molecule has 0 bridgehead atoms. The van der Waals surface area contributed by atoms with Crippen molar-refractivity contribution in [3.05, 3.63) is 34.9 Å². The smallest absolute Gasteiger partial charge is 0.253 e. The topological polar surface area (TPSA) is 46.3 Å². The number of benzene rings is 1. The fourth-order valence-electron chi connectivity index (χ4n) is 2.43. The minimum Gasteiger partial charge on any atom is -0.339 e. The highest BCUT2D eigenvalue weighted by molar-refractivity contribution is 6.30. The number of carbonyl (C=O) groups excluding carboxylic acids is 1. The molecule has 2 N–H and O–H groups in total. The molecule has 19 heavy (non-hydrogen) atoms. The lowest BCUT2D eigenvalue weighted by Gasteiger charge is -2.33. The Kier molecular flexibility index (Phi) is 6.11. The molecule has 1 aliphatic rings. The van der Waals surface area contributed by atoms with Gasteiger partial charge < -0.3 is 10.6 Å². The van der Waals surface area contributed by atoms with Gasteiger partial charge in [-0.1, -0.05) is 17.7 Å². The second-order valence-electron chi connectivity index (χ2n) is 5.00. The highest BCUT2D eigenvalue weighted by Crippen LogP contribution is 2.21. The van der Waals surface area contributed by atoms with Gasteiger partial charge in [0.15, 0.2) is 0 Å². The van der Waals surface area contributed by atoms with Gasteiger partial charge >= 0.3 is 0 Å². The lowest BCUT2D eigenvalue weighted by molar-refractivity contribution is 0.0681. The van der Waals surface area contributed by atoms with E-state index in [2.05, 4.69) is 0 Å². The van der Waals surface area contributed by atoms with Crippen LogP contribution in [0.5, 0.6) is 0 Å². The van der Waals surface area contributed by atoms with E-state index in [-0.39, 0.29) is 24.4 Å². The summed E-state index contributed by atoms with van der Waals surface area (Å²) in [7, 11) is 0. The lowest BCUT2D eigenvalue weighted by atomic mass is 9.90. The Labute approximate surface area is 125 Å². The Morgan fingerprint density at radius 1 is 1.42 bits per heavy atom. The van der Waals surface area contributed by atoms with Crippen LogP contribution in [0, 0.1) is 5.92 Å². The van der Waals surface area contributed by atoms with Gasteiger partial charge in [0.05, 0.1) is 0 Å². The quantitative estimate of drug-likeness (QED) is 0.913. The van der Waals surface area contributed by atoms with Crippen molar-refractivity contribution in [2.45, 2.75) is 25.8 Å². The van der Waals surface area contributed by atoms with Crippen LogP contribution in [-0.4, -0.2) is 29.9 Å². The van der Waals surface area contributed by atoms with Gasteiger partial charge in [-0.05, 0) is 43.9 Å². The number of carbonyl (C=O) groups is 1. The Morgan fingerprint density at radius 3 is 2.58 bits per heavy atom. The van der Waals surface area contributed by atoms with E-state index in [1.165, 1.54) is 0 Å². The van der Waals surface area contributed by atoms with Crippen LogP contribution in [0.25, 0.3) is 0 Å². The van der Waals surface area contributed by atoms with E-state index in [4.69, 9.17) is 17.3 Å². The molecule has 0 saturated carbocycles. The molecule has 0 aliphatic carbocycles. The van der Waals surface area contributed by atoms with E-state index in [1.807, 2.05) is 24.0 Å². The van der Waals surface area contributed by atoms with Crippen molar-refractivity contribution in [1.82, 2.24) is 4.90 Å². The maximum Gasteiger partial charge on any atom is 0.253 e. The molecule has 3 nitrogen and oxygen atoms in total. The Morgan fingerprint density at radius 2 is 2.05 bits per heavy atom. The predicted molar refractivity (Wildman–Crippen MR) is 81.0 cm³/mol. The lowest BCUT2D eigenvalue weighted by Crippen LogP contribution is -2.42. The average molecular weight is 303 g/mol. The van der Waals surface area contributed by atoms with Gasteiger partial charge in [-0.15, -0.1) is 12.4 Å². The zero-order valence-corrected chi connectivity index (χ0v) is 12.6. The standard InChI is InChI=1S/C14H19ClN2O.ClH/c1-10(16)11-5-7-17(8-6-11)14(18)12-3-2-4-13(15)9-12;/h2-4,9-11H,5-8,16H2,1H3;1H. The largest absolute Gasteiger partial charge is 0.339 e. The first kappa shape index (κ1) is 16.3. The molecule has 5 heteroatoms. The average Bonchev–Trinajstić information content (AvgIpc) is 2.38. The monoisotopic (exact) mass is 302 g/mol. The van der Waals surface area contributed by atoms with Crippen LogP contribution < -0.4 is 5.73 Å². The highest BCUT2D eigenvalue weighted by atomic mass is 35.5. The number of nitrogens with two attached hydrogens (primary N) is 1. The van der Waals surface area contributed by atoms with Crippen LogP contribution in [-0.2, 0) is 0 Å². The zero-order valence-electron chi connectivity index (χ0n) is 11.0. The first-order valence-electron chi connectivity index (χ1n) is 6.38. The molecule has 1 atom stereocenters. The van der Waals surface area contributed by atoms with Gasteiger partial charge in [0.25, 0.3) is 5.91 Å². The summed E-state index contributed by atoms with van der Waals surface area (Å²) in [4.78, 5) is 14.2. The van der Waals surface area contributed by atoms with E-state index < -0.39 is 0 Å². The normalized spacial score (nSPS) is 17.7. The third-order valence-electron chi connectivity index (χ3n) is 3.64. The van der Waals surface area contributed by atoms with Crippen molar-refractivity contribution in [1.29, 1.82) is 0 Å². The van der Waals surface area contributed by atoms with Gasteiger partial charge in [0.1, 0.15) is 0 Å². The van der Waals surface area contributed by atoms with Crippen LogP contribution in [0.2, 0.25) is 5.02 Å². The van der Waals surface area contributed by atoms with Crippen LogP contribution in [0.3, 0.4) is 0 Å². The predicted octanol–water partition coefficient (Wildman–Crippen LogP) is 2.96. The molecular formula is C14H20Cl2N2O. The molecule has 1 aliphatic heterocycles. The second-order valence-corrected chi connectivity index (χ2v) is 5.44. The summed E-state index contributed by atoms with van der Waals surface area (Å²) < 4.78 is 0. The van der Waals surface area contributed by atoms with Gasteiger partial charge in [0.2, 0.25) is 0 Å². The van der Waals surface area contributed by atoms with Gasteiger partial charge in [0, 0.05) is 29.7 Å². The molecule has 1 unspecified atom stereocenters. The van der Waals surface area contributed by atoms with Gasteiger partial charge in [-0.3, -0.25) is 4.79 Å². The van der Waals surface area contributed by atoms with Crippen LogP contribution in [0.15, 0.2) is 24.3 Å². The number of nitrogens with zero attached hydrogens (tertiary/aromatic N) is 1. The zero-order chi connectivity index (χ0) is 13.1. The summed E-state index contributed by atoms with van der Waals surface area (Å²) in [5.74, 6) is 0.606. The highest BCUT2D eigenvalue weighted by Gasteiger charge is 2.25. The molecule has 1 aromatic carbocycles. The number of hydrogen-bond donors (Lipinski definition) is 1. The fourth-order valence-corrected chi connectivity index (χ4v) is 2.62. The van der Waals surface area contributed by atoms with E-state index >= 15 is 0 Å². The van der Waals surface area contributed by atoms with Crippen LogP contribution >= 0.6 is 24.0 Å². The Bertz CT molecular complexity index is 429. The van der Waals surface area contributed by atoms with Crippen molar-refractivity contribution in [3.63, 3.8) is 0 Å². The van der Waals surface area contributed by atoms with Crippen molar-refractivity contribution < 1.29 is 4.79 Å². The first-order chi connectivity index (χ1) is 8.58. The molecule has 1 amide bonds. The SMILES string of the molecule is CC(N)C1CCN(C(=O)c2cccc(Cl)c2)CC1.Cl. The molecule has 0 aromatic heterocycles. The molecular weight excluding hydrogens is 283 g/mol. The van der Waals surface area contributed by atoms with Crippen molar-refractivity contribution in [2.24, 2.45) is 11.7 Å². The minimum atomic E-state index is 0. The first-order valence-corrected chi connectivity index (χ1v) is 6.76. The summed E-state index contributed by atoms with van der Waals surface area (Å²) in [6.07, 6.45) is 1.98. The molecule has 2 rings (SSSR count). The maximum atomic E-state index is 12.3. The van der Waals surface area contributed by atoms with Crippen LogP contribution in [0.1, 0.15) is 30.1 Å². The molecule has 1 heterocycles.